The summed E-state index contributed by atoms with van der Waals surface area (Å²) in [6.45, 7) is 1.17. The quantitative estimate of drug-likeness (QED) is 0.820. The summed E-state index contributed by atoms with van der Waals surface area (Å²) < 4.78 is 35.9. The molecule has 1 aromatic carbocycles. The van der Waals surface area contributed by atoms with E-state index in [9.17, 15) is 12.8 Å². The van der Waals surface area contributed by atoms with E-state index in [2.05, 4.69) is 0 Å². The fourth-order valence-electron chi connectivity index (χ4n) is 1.09. The van der Waals surface area contributed by atoms with Crippen LogP contribution in [0.15, 0.2) is 23.1 Å². The maximum atomic E-state index is 13.2. The standard InChI is InChI=1S/C9H11FO3S/c1-7-2-3-9(8(10)6-7)14(12,13)5-4-11/h2-3,6,11H,4-5H2,1H3. The lowest BCUT2D eigenvalue weighted by atomic mass is 10.2. The second-order valence-corrected chi connectivity index (χ2v) is 5.05. The molecule has 0 fully saturated rings. The summed E-state index contributed by atoms with van der Waals surface area (Å²) >= 11 is 0. The van der Waals surface area contributed by atoms with E-state index in [1.807, 2.05) is 0 Å². The molecule has 0 aliphatic heterocycles. The molecule has 78 valence electrons. The smallest absolute Gasteiger partial charge is 0.183 e. The number of halogens is 1. The molecule has 3 nitrogen and oxygen atoms in total. The zero-order valence-corrected chi connectivity index (χ0v) is 8.51. The molecule has 0 atom stereocenters. The van der Waals surface area contributed by atoms with Gasteiger partial charge in [-0.1, -0.05) is 6.07 Å². The maximum Gasteiger partial charge on any atom is 0.183 e. The minimum Gasteiger partial charge on any atom is -0.395 e. The second-order valence-electron chi connectivity index (χ2n) is 2.98. The minimum absolute atomic E-state index is 0.350. The van der Waals surface area contributed by atoms with Crippen molar-refractivity contribution < 1.29 is 17.9 Å². The SMILES string of the molecule is Cc1ccc(S(=O)(=O)CCO)c(F)c1. The first kappa shape index (κ1) is 11.1. The van der Waals surface area contributed by atoms with Gasteiger partial charge in [0.1, 0.15) is 10.7 Å². The zero-order valence-electron chi connectivity index (χ0n) is 7.70. The van der Waals surface area contributed by atoms with Crippen molar-refractivity contribution >= 4 is 9.84 Å². The number of sulfone groups is 1. The van der Waals surface area contributed by atoms with Crippen LogP contribution in [0.25, 0.3) is 0 Å². The van der Waals surface area contributed by atoms with E-state index in [0.29, 0.717) is 5.56 Å². The number of aliphatic hydroxyl groups is 1. The third-order valence-electron chi connectivity index (χ3n) is 1.78. The van der Waals surface area contributed by atoms with Gasteiger partial charge in [-0.25, -0.2) is 12.8 Å². The number of aryl methyl sites for hydroxylation is 1. The molecule has 1 aromatic rings. The van der Waals surface area contributed by atoms with Crippen LogP contribution in [-0.2, 0) is 9.84 Å². The molecule has 14 heavy (non-hydrogen) atoms. The monoisotopic (exact) mass is 218 g/mol. The summed E-state index contributed by atoms with van der Waals surface area (Å²) in [5, 5.41) is 8.51. The molecular formula is C9H11FO3S. The van der Waals surface area contributed by atoms with E-state index < -0.39 is 28.0 Å². The van der Waals surface area contributed by atoms with Crippen molar-refractivity contribution in [3.05, 3.63) is 29.6 Å². The molecule has 0 unspecified atom stereocenters. The Bertz CT molecular complexity index is 426. The molecule has 0 radical (unpaired) electrons. The van der Waals surface area contributed by atoms with Crippen LogP contribution in [0.1, 0.15) is 5.56 Å². The molecule has 1 rings (SSSR count). The Labute approximate surface area is 82.1 Å². The second kappa shape index (κ2) is 4.06. The van der Waals surface area contributed by atoms with Crippen molar-refractivity contribution in [2.24, 2.45) is 0 Å². The van der Waals surface area contributed by atoms with Crippen LogP contribution in [0.3, 0.4) is 0 Å². The van der Waals surface area contributed by atoms with E-state index in [1.165, 1.54) is 12.1 Å². The molecule has 0 aliphatic carbocycles. The van der Waals surface area contributed by atoms with Crippen LogP contribution in [0.4, 0.5) is 4.39 Å². The van der Waals surface area contributed by atoms with Gasteiger partial charge in [-0.2, -0.15) is 0 Å². The summed E-state index contributed by atoms with van der Waals surface area (Å²) in [6.07, 6.45) is 0. The van der Waals surface area contributed by atoms with Gasteiger partial charge in [0, 0.05) is 0 Å². The Morgan fingerprint density at radius 1 is 1.43 bits per heavy atom. The first-order chi connectivity index (χ1) is 6.47. The molecule has 0 amide bonds. The molecule has 0 aliphatic rings. The molecule has 0 spiro atoms. The molecule has 0 heterocycles. The topological polar surface area (TPSA) is 54.4 Å². The van der Waals surface area contributed by atoms with E-state index in [4.69, 9.17) is 5.11 Å². The lowest BCUT2D eigenvalue weighted by Crippen LogP contribution is -2.11. The van der Waals surface area contributed by atoms with E-state index in [1.54, 1.807) is 6.92 Å². The van der Waals surface area contributed by atoms with Crippen molar-refractivity contribution in [1.82, 2.24) is 0 Å². The van der Waals surface area contributed by atoms with Crippen molar-refractivity contribution in [3.63, 3.8) is 0 Å². The summed E-state index contributed by atoms with van der Waals surface area (Å²) in [7, 11) is -3.68. The number of aliphatic hydroxyl groups excluding tert-OH is 1. The van der Waals surface area contributed by atoms with Gasteiger partial charge in [0.15, 0.2) is 9.84 Å². The van der Waals surface area contributed by atoms with Gasteiger partial charge in [0.2, 0.25) is 0 Å². The fraction of sp³-hybridized carbons (Fsp3) is 0.333. The first-order valence-electron chi connectivity index (χ1n) is 4.07. The van der Waals surface area contributed by atoms with Crippen molar-refractivity contribution in [1.29, 1.82) is 0 Å². The van der Waals surface area contributed by atoms with Gasteiger partial charge in [-0.05, 0) is 24.6 Å². The molecule has 0 bridgehead atoms. The Morgan fingerprint density at radius 3 is 2.57 bits per heavy atom. The number of benzene rings is 1. The molecular weight excluding hydrogens is 207 g/mol. The Kier molecular flexibility index (Phi) is 3.23. The highest BCUT2D eigenvalue weighted by Crippen LogP contribution is 2.16. The summed E-state index contributed by atoms with van der Waals surface area (Å²) in [6, 6.07) is 3.90. The van der Waals surface area contributed by atoms with Crippen LogP contribution in [-0.4, -0.2) is 25.9 Å². The van der Waals surface area contributed by atoms with Crippen LogP contribution < -0.4 is 0 Å². The van der Waals surface area contributed by atoms with Gasteiger partial charge in [0.25, 0.3) is 0 Å². The van der Waals surface area contributed by atoms with E-state index in [0.717, 1.165) is 6.07 Å². The third kappa shape index (κ3) is 2.30. The highest BCUT2D eigenvalue weighted by Gasteiger charge is 2.18. The molecule has 0 saturated heterocycles. The Hall–Kier alpha value is -0.940. The largest absolute Gasteiger partial charge is 0.395 e. The van der Waals surface area contributed by atoms with Gasteiger partial charge < -0.3 is 5.11 Å². The van der Waals surface area contributed by atoms with Crippen LogP contribution in [0.2, 0.25) is 0 Å². The highest BCUT2D eigenvalue weighted by molar-refractivity contribution is 7.91. The van der Waals surface area contributed by atoms with E-state index in [-0.39, 0.29) is 4.90 Å². The van der Waals surface area contributed by atoms with Crippen LogP contribution >= 0.6 is 0 Å². The number of rotatable bonds is 3. The Morgan fingerprint density at radius 2 is 2.07 bits per heavy atom. The zero-order chi connectivity index (χ0) is 10.8. The number of hydrogen-bond acceptors (Lipinski definition) is 3. The van der Waals surface area contributed by atoms with Crippen molar-refractivity contribution in [2.75, 3.05) is 12.4 Å². The predicted molar refractivity (Wildman–Crippen MR) is 50.3 cm³/mol. The van der Waals surface area contributed by atoms with Gasteiger partial charge in [0.05, 0.1) is 12.4 Å². The van der Waals surface area contributed by atoms with Gasteiger partial charge in [-0.15, -0.1) is 0 Å². The van der Waals surface area contributed by atoms with Crippen molar-refractivity contribution in [3.8, 4) is 0 Å². The van der Waals surface area contributed by atoms with Gasteiger partial charge in [-0.3, -0.25) is 0 Å². The lowest BCUT2D eigenvalue weighted by Gasteiger charge is -2.04. The third-order valence-corrected chi connectivity index (χ3v) is 3.50. The molecule has 0 saturated carbocycles. The van der Waals surface area contributed by atoms with Crippen molar-refractivity contribution in [2.45, 2.75) is 11.8 Å². The molecule has 1 N–H and O–H groups in total. The summed E-state index contributed by atoms with van der Waals surface area (Å²) in [5.74, 6) is -1.22. The lowest BCUT2D eigenvalue weighted by molar-refractivity contribution is 0.319. The van der Waals surface area contributed by atoms with E-state index >= 15 is 0 Å². The highest BCUT2D eigenvalue weighted by atomic mass is 32.2. The predicted octanol–water partition coefficient (Wildman–Crippen LogP) is 0.900. The first-order valence-corrected chi connectivity index (χ1v) is 5.72. The molecule has 0 aromatic heterocycles. The summed E-state index contributed by atoms with van der Waals surface area (Å²) in [4.78, 5) is -0.350. The average Bonchev–Trinajstić information content (AvgIpc) is 2.02. The average molecular weight is 218 g/mol. The number of hydrogen-bond donors (Lipinski definition) is 1. The van der Waals surface area contributed by atoms with Crippen LogP contribution in [0.5, 0.6) is 0 Å². The fourth-order valence-corrected chi connectivity index (χ4v) is 2.18. The summed E-state index contributed by atoms with van der Waals surface area (Å²) in [5.41, 5.74) is 0.658. The molecule has 5 heteroatoms. The Balaban J connectivity index is 3.20. The minimum atomic E-state index is -3.68. The van der Waals surface area contributed by atoms with Crippen LogP contribution in [0, 0.1) is 12.7 Å². The van der Waals surface area contributed by atoms with Gasteiger partial charge >= 0.3 is 0 Å². The normalized spacial score (nSPS) is 11.6. The maximum absolute atomic E-state index is 13.2.